The molecule has 1 rings (SSSR count). The van der Waals surface area contributed by atoms with Gasteiger partial charge in [-0.15, -0.1) is 0 Å². The second-order valence-corrected chi connectivity index (χ2v) is 4.99. The average Bonchev–Trinajstić information content (AvgIpc) is 2.23. The lowest BCUT2D eigenvalue weighted by Crippen LogP contribution is -2.52. The van der Waals surface area contributed by atoms with Crippen molar-refractivity contribution in [2.75, 3.05) is 6.54 Å². The SMILES string of the molecule is CCC1(NC(=O)CCCCCCN)CCC1. The molecule has 0 aromatic rings. The van der Waals surface area contributed by atoms with E-state index in [1.165, 1.54) is 19.3 Å². The molecule has 0 aromatic heterocycles. The zero-order chi connectivity index (χ0) is 11.9. The summed E-state index contributed by atoms with van der Waals surface area (Å²) in [6.45, 7) is 2.94. The number of nitrogens with one attached hydrogen (secondary N) is 1. The summed E-state index contributed by atoms with van der Waals surface area (Å²) in [6, 6.07) is 0. The van der Waals surface area contributed by atoms with Gasteiger partial charge < -0.3 is 11.1 Å². The van der Waals surface area contributed by atoms with Crippen molar-refractivity contribution in [3.63, 3.8) is 0 Å². The zero-order valence-electron chi connectivity index (χ0n) is 10.6. The normalized spacial score (nSPS) is 17.9. The lowest BCUT2D eigenvalue weighted by Gasteiger charge is -2.42. The first-order valence-electron chi connectivity index (χ1n) is 6.73. The molecule has 0 aliphatic heterocycles. The monoisotopic (exact) mass is 226 g/mol. The average molecular weight is 226 g/mol. The summed E-state index contributed by atoms with van der Waals surface area (Å²) in [5.74, 6) is 0.245. The van der Waals surface area contributed by atoms with Crippen LogP contribution < -0.4 is 11.1 Å². The Morgan fingerprint density at radius 3 is 2.44 bits per heavy atom. The van der Waals surface area contributed by atoms with E-state index in [0.717, 1.165) is 38.6 Å². The Bertz CT molecular complexity index is 206. The Kier molecular flexibility index (Phi) is 5.81. The highest BCUT2D eigenvalue weighted by molar-refractivity contribution is 5.76. The molecule has 3 nitrogen and oxygen atoms in total. The Hall–Kier alpha value is -0.570. The van der Waals surface area contributed by atoms with Gasteiger partial charge in [0.05, 0.1) is 0 Å². The van der Waals surface area contributed by atoms with E-state index < -0.39 is 0 Å². The van der Waals surface area contributed by atoms with Crippen LogP contribution in [0.2, 0.25) is 0 Å². The number of hydrogen-bond acceptors (Lipinski definition) is 2. The molecule has 1 aliphatic rings. The van der Waals surface area contributed by atoms with Gasteiger partial charge in [0, 0.05) is 12.0 Å². The lowest BCUT2D eigenvalue weighted by atomic mass is 9.75. The molecule has 16 heavy (non-hydrogen) atoms. The van der Waals surface area contributed by atoms with E-state index in [1.54, 1.807) is 0 Å². The number of carbonyl (C=O) groups is 1. The van der Waals surface area contributed by atoms with Crippen molar-refractivity contribution in [1.29, 1.82) is 0 Å². The second kappa shape index (κ2) is 6.89. The Morgan fingerprint density at radius 2 is 1.94 bits per heavy atom. The third-order valence-corrected chi connectivity index (χ3v) is 3.75. The molecule has 0 atom stereocenters. The van der Waals surface area contributed by atoms with Gasteiger partial charge in [0.15, 0.2) is 0 Å². The van der Waals surface area contributed by atoms with Crippen molar-refractivity contribution in [2.24, 2.45) is 5.73 Å². The lowest BCUT2D eigenvalue weighted by molar-refractivity contribution is -0.124. The smallest absolute Gasteiger partial charge is 0.220 e. The van der Waals surface area contributed by atoms with Crippen molar-refractivity contribution in [3.05, 3.63) is 0 Å². The van der Waals surface area contributed by atoms with E-state index in [2.05, 4.69) is 12.2 Å². The first kappa shape index (κ1) is 13.5. The molecule has 1 fully saturated rings. The van der Waals surface area contributed by atoms with Crippen molar-refractivity contribution in [1.82, 2.24) is 5.32 Å². The quantitative estimate of drug-likeness (QED) is 0.624. The van der Waals surface area contributed by atoms with Crippen LogP contribution in [0.5, 0.6) is 0 Å². The van der Waals surface area contributed by atoms with Crippen LogP contribution in [0.1, 0.15) is 64.7 Å². The van der Waals surface area contributed by atoms with Gasteiger partial charge in [0.25, 0.3) is 0 Å². The third-order valence-electron chi connectivity index (χ3n) is 3.75. The maximum Gasteiger partial charge on any atom is 0.220 e. The van der Waals surface area contributed by atoms with Crippen LogP contribution in [-0.2, 0) is 4.79 Å². The highest BCUT2D eigenvalue weighted by Gasteiger charge is 2.35. The summed E-state index contributed by atoms with van der Waals surface area (Å²) < 4.78 is 0. The van der Waals surface area contributed by atoms with Gasteiger partial charge in [-0.3, -0.25) is 4.79 Å². The van der Waals surface area contributed by atoms with Crippen molar-refractivity contribution >= 4 is 5.91 Å². The summed E-state index contributed by atoms with van der Waals surface area (Å²) in [4.78, 5) is 11.7. The maximum absolute atomic E-state index is 11.7. The first-order valence-corrected chi connectivity index (χ1v) is 6.73. The fourth-order valence-corrected chi connectivity index (χ4v) is 2.31. The molecule has 0 radical (unpaired) electrons. The fourth-order valence-electron chi connectivity index (χ4n) is 2.31. The van der Waals surface area contributed by atoms with Crippen LogP contribution in [0.4, 0.5) is 0 Å². The van der Waals surface area contributed by atoms with Gasteiger partial charge in [0.2, 0.25) is 5.91 Å². The van der Waals surface area contributed by atoms with Gasteiger partial charge in [-0.1, -0.05) is 19.8 Å². The van der Waals surface area contributed by atoms with E-state index >= 15 is 0 Å². The molecule has 1 saturated carbocycles. The van der Waals surface area contributed by atoms with E-state index in [1.807, 2.05) is 0 Å². The van der Waals surface area contributed by atoms with Crippen molar-refractivity contribution in [3.8, 4) is 0 Å². The molecule has 0 saturated heterocycles. The van der Waals surface area contributed by atoms with Crippen molar-refractivity contribution < 1.29 is 4.79 Å². The molecular formula is C13H26N2O. The van der Waals surface area contributed by atoms with Crippen LogP contribution in [0.15, 0.2) is 0 Å². The summed E-state index contributed by atoms with van der Waals surface area (Å²) in [6.07, 6.45) is 9.74. The van der Waals surface area contributed by atoms with Gasteiger partial charge in [-0.2, -0.15) is 0 Å². The van der Waals surface area contributed by atoms with E-state index in [9.17, 15) is 4.79 Å². The number of unbranched alkanes of at least 4 members (excludes halogenated alkanes) is 3. The third kappa shape index (κ3) is 4.12. The minimum absolute atomic E-state index is 0.161. The van der Waals surface area contributed by atoms with Gasteiger partial charge >= 0.3 is 0 Å². The predicted molar refractivity (Wildman–Crippen MR) is 67.2 cm³/mol. The number of amides is 1. The van der Waals surface area contributed by atoms with Crippen LogP contribution in [0.25, 0.3) is 0 Å². The van der Waals surface area contributed by atoms with Crippen LogP contribution in [0.3, 0.4) is 0 Å². The topological polar surface area (TPSA) is 55.1 Å². The van der Waals surface area contributed by atoms with Gasteiger partial charge in [-0.25, -0.2) is 0 Å². The zero-order valence-corrected chi connectivity index (χ0v) is 10.6. The van der Waals surface area contributed by atoms with Gasteiger partial charge in [-0.05, 0) is 45.1 Å². The minimum Gasteiger partial charge on any atom is -0.351 e. The van der Waals surface area contributed by atoms with Crippen LogP contribution in [-0.4, -0.2) is 18.0 Å². The molecule has 3 heteroatoms. The predicted octanol–water partition coefficient (Wildman–Crippen LogP) is 2.34. The summed E-state index contributed by atoms with van der Waals surface area (Å²) in [5, 5.41) is 3.21. The first-order chi connectivity index (χ1) is 7.72. The number of hydrogen-bond donors (Lipinski definition) is 2. The number of rotatable bonds is 8. The molecule has 1 amide bonds. The molecule has 0 heterocycles. The molecule has 0 bridgehead atoms. The molecule has 1 aliphatic carbocycles. The molecule has 0 spiro atoms. The molecule has 3 N–H and O–H groups in total. The van der Waals surface area contributed by atoms with Gasteiger partial charge in [0.1, 0.15) is 0 Å². The molecule has 0 unspecified atom stereocenters. The second-order valence-electron chi connectivity index (χ2n) is 4.99. The number of carbonyl (C=O) groups excluding carboxylic acids is 1. The van der Waals surface area contributed by atoms with Crippen molar-refractivity contribution in [2.45, 2.75) is 70.3 Å². The maximum atomic E-state index is 11.7. The van der Waals surface area contributed by atoms with E-state index in [4.69, 9.17) is 5.73 Å². The Labute approximate surface area is 99.2 Å². The fraction of sp³-hybridized carbons (Fsp3) is 0.923. The Morgan fingerprint density at radius 1 is 1.25 bits per heavy atom. The van der Waals surface area contributed by atoms with E-state index in [-0.39, 0.29) is 11.4 Å². The molecule has 94 valence electrons. The molecule has 0 aromatic carbocycles. The standard InChI is InChI=1S/C13H26N2O/c1-2-13(9-7-10-13)15-12(16)8-5-3-4-6-11-14/h2-11,14H2,1H3,(H,15,16). The van der Waals surface area contributed by atoms with Crippen LogP contribution >= 0.6 is 0 Å². The summed E-state index contributed by atoms with van der Waals surface area (Å²) in [5.41, 5.74) is 5.58. The largest absolute Gasteiger partial charge is 0.351 e. The minimum atomic E-state index is 0.161. The molecular weight excluding hydrogens is 200 g/mol. The highest BCUT2D eigenvalue weighted by Crippen LogP contribution is 2.34. The number of nitrogens with two attached hydrogens (primary N) is 1. The Balaban J connectivity index is 2.06. The summed E-state index contributed by atoms with van der Waals surface area (Å²) in [7, 11) is 0. The highest BCUT2D eigenvalue weighted by atomic mass is 16.1. The van der Waals surface area contributed by atoms with Crippen LogP contribution in [0, 0.1) is 0 Å². The summed E-state index contributed by atoms with van der Waals surface area (Å²) >= 11 is 0. The van der Waals surface area contributed by atoms with E-state index in [0.29, 0.717) is 6.42 Å².